The third-order valence-corrected chi connectivity index (χ3v) is 5.39. The van der Waals surface area contributed by atoms with Gasteiger partial charge in [-0.15, -0.1) is 11.3 Å². The Hall–Kier alpha value is -3.24. The summed E-state index contributed by atoms with van der Waals surface area (Å²) in [6.45, 7) is 4.15. The lowest BCUT2D eigenvalue weighted by atomic mass is 10.0. The van der Waals surface area contributed by atoms with Crippen molar-refractivity contribution in [2.45, 2.75) is 13.8 Å². The lowest BCUT2D eigenvalue weighted by Crippen LogP contribution is -2.11. The normalized spacial score (nSPS) is 10.6. The molecule has 1 amide bonds. The summed E-state index contributed by atoms with van der Waals surface area (Å²) in [5.41, 5.74) is 7.22. The van der Waals surface area contributed by atoms with Crippen LogP contribution < -0.4 is 5.32 Å². The van der Waals surface area contributed by atoms with E-state index in [9.17, 15) is 4.79 Å². The van der Waals surface area contributed by atoms with E-state index in [0.29, 0.717) is 10.7 Å². The number of nitrogens with one attached hydrogen (secondary N) is 1. The lowest BCUT2D eigenvalue weighted by molar-refractivity contribution is 0.102. The Bertz CT molecular complexity index is 1120. The van der Waals surface area contributed by atoms with Crippen LogP contribution in [-0.2, 0) is 0 Å². The number of carbonyl (C=O) groups excluding carboxylic acids is 1. The Morgan fingerprint density at radius 2 is 1.61 bits per heavy atom. The quantitative estimate of drug-likeness (QED) is 0.446. The highest BCUT2D eigenvalue weighted by Crippen LogP contribution is 2.28. The fourth-order valence-corrected chi connectivity index (χ4v) is 3.88. The number of nitrogens with zero attached hydrogens (tertiary/aromatic N) is 1. The first-order valence-corrected chi connectivity index (χ1v) is 9.98. The maximum atomic E-state index is 12.6. The van der Waals surface area contributed by atoms with E-state index < -0.39 is 0 Å². The summed E-state index contributed by atoms with van der Waals surface area (Å²) < 4.78 is 0. The molecule has 1 heterocycles. The highest BCUT2D eigenvalue weighted by molar-refractivity contribution is 7.14. The molecule has 4 rings (SSSR count). The third-order valence-electron chi connectivity index (χ3n) is 4.64. The first-order chi connectivity index (χ1) is 13.6. The van der Waals surface area contributed by atoms with E-state index in [-0.39, 0.29) is 5.91 Å². The molecule has 0 aliphatic rings. The molecule has 1 aromatic heterocycles. The highest BCUT2D eigenvalue weighted by atomic mass is 32.1. The van der Waals surface area contributed by atoms with Crippen molar-refractivity contribution >= 4 is 22.4 Å². The monoisotopic (exact) mass is 384 g/mol. The van der Waals surface area contributed by atoms with Crippen molar-refractivity contribution in [3.05, 3.63) is 94.9 Å². The van der Waals surface area contributed by atoms with E-state index in [1.54, 1.807) is 0 Å². The van der Waals surface area contributed by atoms with Gasteiger partial charge >= 0.3 is 0 Å². The number of hydrogen-bond acceptors (Lipinski definition) is 3. The zero-order valence-electron chi connectivity index (χ0n) is 15.8. The number of amides is 1. The van der Waals surface area contributed by atoms with Gasteiger partial charge < -0.3 is 0 Å². The van der Waals surface area contributed by atoms with Gasteiger partial charge in [-0.25, -0.2) is 4.98 Å². The molecular weight excluding hydrogens is 364 g/mol. The second kappa shape index (κ2) is 7.79. The molecule has 0 unspecified atom stereocenters. The Morgan fingerprint density at radius 1 is 0.893 bits per heavy atom. The Labute approximate surface area is 168 Å². The molecule has 0 aliphatic heterocycles. The van der Waals surface area contributed by atoms with Gasteiger partial charge in [0, 0.05) is 16.5 Å². The molecule has 1 N–H and O–H groups in total. The smallest absolute Gasteiger partial charge is 0.257 e. The van der Waals surface area contributed by atoms with Crippen molar-refractivity contribution in [2.75, 3.05) is 5.32 Å². The van der Waals surface area contributed by atoms with Crippen LogP contribution in [0.15, 0.2) is 78.2 Å². The molecule has 0 fully saturated rings. The van der Waals surface area contributed by atoms with Crippen molar-refractivity contribution in [2.24, 2.45) is 0 Å². The average Bonchev–Trinajstić information content (AvgIpc) is 3.17. The van der Waals surface area contributed by atoms with Gasteiger partial charge in [0.2, 0.25) is 0 Å². The molecule has 3 aromatic carbocycles. The minimum Gasteiger partial charge on any atom is -0.298 e. The SMILES string of the molecule is Cc1ccc(-c2csc(NC(=O)c3ccc(-c4ccccc4)cc3)n2)c(C)c1. The second-order valence-corrected chi connectivity index (χ2v) is 7.61. The maximum Gasteiger partial charge on any atom is 0.257 e. The predicted molar refractivity (Wildman–Crippen MR) is 117 cm³/mol. The summed E-state index contributed by atoms with van der Waals surface area (Å²) in [6, 6.07) is 24.0. The van der Waals surface area contributed by atoms with Crippen LogP contribution in [0.3, 0.4) is 0 Å². The second-order valence-electron chi connectivity index (χ2n) is 6.75. The van der Waals surface area contributed by atoms with Gasteiger partial charge in [0.15, 0.2) is 5.13 Å². The van der Waals surface area contributed by atoms with Gasteiger partial charge in [-0.1, -0.05) is 66.2 Å². The maximum absolute atomic E-state index is 12.6. The van der Waals surface area contributed by atoms with Crippen molar-refractivity contribution in [1.29, 1.82) is 0 Å². The largest absolute Gasteiger partial charge is 0.298 e. The van der Waals surface area contributed by atoms with Crippen LogP contribution >= 0.6 is 11.3 Å². The van der Waals surface area contributed by atoms with Crippen LogP contribution in [0.25, 0.3) is 22.4 Å². The van der Waals surface area contributed by atoms with Gasteiger partial charge in [0.05, 0.1) is 5.69 Å². The van der Waals surface area contributed by atoms with E-state index in [2.05, 4.69) is 54.5 Å². The first kappa shape index (κ1) is 18.1. The van der Waals surface area contributed by atoms with E-state index in [1.165, 1.54) is 22.5 Å². The van der Waals surface area contributed by atoms with Gasteiger partial charge in [-0.05, 0) is 42.7 Å². The summed E-state index contributed by atoms with van der Waals surface area (Å²) in [5, 5.41) is 5.49. The molecule has 4 heteroatoms. The summed E-state index contributed by atoms with van der Waals surface area (Å²) in [6.07, 6.45) is 0. The Kier molecular flexibility index (Phi) is 5.04. The highest BCUT2D eigenvalue weighted by Gasteiger charge is 2.11. The number of hydrogen-bond donors (Lipinski definition) is 1. The van der Waals surface area contributed by atoms with Crippen molar-refractivity contribution in [1.82, 2.24) is 4.98 Å². The fourth-order valence-electron chi connectivity index (χ4n) is 3.17. The molecule has 0 saturated carbocycles. The summed E-state index contributed by atoms with van der Waals surface area (Å²) in [5.74, 6) is -0.152. The molecule has 3 nitrogen and oxygen atoms in total. The average molecular weight is 385 g/mol. The molecule has 138 valence electrons. The van der Waals surface area contributed by atoms with Crippen LogP contribution in [-0.4, -0.2) is 10.9 Å². The molecule has 0 radical (unpaired) electrons. The van der Waals surface area contributed by atoms with E-state index in [0.717, 1.165) is 22.4 Å². The lowest BCUT2D eigenvalue weighted by Gasteiger charge is -2.05. The van der Waals surface area contributed by atoms with Crippen LogP contribution in [0.1, 0.15) is 21.5 Å². The molecule has 4 aromatic rings. The first-order valence-electron chi connectivity index (χ1n) is 9.10. The molecule has 0 atom stereocenters. The number of aryl methyl sites for hydroxylation is 2. The zero-order chi connectivity index (χ0) is 19.5. The predicted octanol–water partition coefficient (Wildman–Crippen LogP) is 6.35. The van der Waals surface area contributed by atoms with Crippen molar-refractivity contribution in [3.63, 3.8) is 0 Å². The Morgan fingerprint density at radius 3 is 2.32 bits per heavy atom. The number of rotatable bonds is 4. The molecule has 0 aliphatic carbocycles. The van der Waals surface area contributed by atoms with Crippen LogP contribution in [0.2, 0.25) is 0 Å². The van der Waals surface area contributed by atoms with Crippen LogP contribution in [0.4, 0.5) is 5.13 Å². The number of thiazole rings is 1. The summed E-state index contributed by atoms with van der Waals surface area (Å²) in [7, 11) is 0. The number of carbonyl (C=O) groups is 1. The van der Waals surface area contributed by atoms with Gasteiger partial charge in [-0.2, -0.15) is 0 Å². The summed E-state index contributed by atoms with van der Waals surface area (Å²) in [4.78, 5) is 17.2. The number of anilines is 1. The fraction of sp³-hybridized carbons (Fsp3) is 0.0833. The topological polar surface area (TPSA) is 42.0 Å². The van der Waals surface area contributed by atoms with Gasteiger partial charge in [0.1, 0.15) is 0 Å². The van der Waals surface area contributed by atoms with E-state index >= 15 is 0 Å². The van der Waals surface area contributed by atoms with E-state index in [4.69, 9.17) is 0 Å². The zero-order valence-corrected chi connectivity index (χ0v) is 16.6. The van der Waals surface area contributed by atoms with E-state index in [1.807, 2.05) is 47.8 Å². The van der Waals surface area contributed by atoms with Crippen LogP contribution in [0, 0.1) is 13.8 Å². The van der Waals surface area contributed by atoms with Crippen molar-refractivity contribution in [3.8, 4) is 22.4 Å². The van der Waals surface area contributed by atoms with Crippen LogP contribution in [0.5, 0.6) is 0 Å². The van der Waals surface area contributed by atoms with Gasteiger partial charge in [-0.3, -0.25) is 10.1 Å². The number of aromatic nitrogens is 1. The van der Waals surface area contributed by atoms with Crippen molar-refractivity contribution < 1.29 is 4.79 Å². The standard InChI is InChI=1S/C24H20N2OS/c1-16-8-13-21(17(2)14-16)22-15-28-24(25-22)26-23(27)20-11-9-19(10-12-20)18-6-4-3-5-7-18/h3-15H,1-2H3,(H,25,26,27). The minimum atomic E-state index is -0.152. The third kappa shape index (κ3) is 3.87. The Balaban J connectivity index is 1.49. The van der Waals surface area contributed by atoms with Gasteiger partial charge in [0.25, 0.3) is 5.91 Å². The molecular formula is C24H20N2OS. The minimum absolute atomic E-state index is 0.152. The molecule has 0 saturated heterocycles. The molecule has 0 bridgehead atoms. The summed E-state index contributed by atoms with van der Waals surface area (Å²) >= 11 is 1.44. The molecule has 0 spiro atoms. The molecule has 28 heavy (non-hydrogen) atoms. The number of benzene rings is 3.